The summed E-state index contributed by atoms with van der Waals surface area (Å²) < 4.78 is 0. The maximum Gasteiger partial charge on any atom is 0.234 e. The third-order valence-corrected chi connectivity index (χ3v) is 9.65. The summed E-state index contributed by atoms with van der Waals surface area (Å²) in [4.78, 5) is 56.5. The Morgan fingerprint density at radius 2 is 1.79 bits per heavy atom. The molecule has 4 aliphatic rings. The summed E-state index contributed by atoms with van der Waals surface area (Å²) in [7, 11) is 0. The van der Waals surface area contributed by atoms with Gasteiger partial charge in [-0.05, 0) is 48.6 Å². The van der Waals surface area contributed by atoms with Gasteiger partial charge in [0.2, 0.25) is 11.8 Å². The first kappa shape index (κ1) is 24.0. The molecule has 3 aromatic rings. The molecule has 1 aromatic heterocycles. The highest BCUT2D eigenvalue weighted by atomic mass is 32.1. The van der Waals surface area contributed by atoms with E-state index in [-0.39, 0.29) is 42.1 Å². The van der Waals surface area contributed by atoms with Crippen LogP contribution in [0.5, 0.6) is 5.75 Å². The fourth-order valence-electron chi connectivity index (χ4n) is 7.00. The highest BCUT2D eigenvalue weighted by Crippen LogP contribution is 2.56. The number of fused-ring (bicyclic) bond motifs is 4. The Labute approximate surface area is 228 Å². The van der Waals surface area contributed by atoms with Crippen molar-refractivity contribution in [3.05, 3.63) is 98.8 Å². The Balaban J connectivity index is 1.38. The Morgan fingerprint density at radius 1 is 0.974 bits per heavy atom. The first-order valence-corrected chi connectivity index (χ1v) is 14.0. The molecule has 2 amide bonds. The summed E-state index contributed by atoms with van der Waals surface area (Å²) >= 11 is 1.50. The quantitative estimate of drug-likeness (QED) is 0.282. The first-order chi connectivity index (χ1) is 18.8. The number of aromatic hydroxyl groups is 1. The van der Waals surface area contributed by atoms with Crippen molar-refractivity contribution >= 4 is 45.5 Å². The van der Waals surface area contributed by atoms with Gasteiger partial charge in [-0.15, -0.1) is 11.3 Å². The van der Waals surface area contributed by atoms with Crippen LogP contribution in [-0.4, -0.2) is 33.4 Å². The van der Waals surface area contributed by atoms with E-state index in [4.69, 9.17) is 0 Å². The number of carbonyl (C=O) groups is 4. The van der Waals surface area contributed by atoms with Gasteiger partial charge in [0.15, 0.2) is 11.6 Å². The van der Waals surface area contributed by atoms with Crippen LogP contribution >= 0.6 is 11.3 Å². The minimum absolute atomic E-state index is 0.0641. The molecule has 2 heterocycles. The lowest BCUT2D eigenvalue weighted by Crippen LogP contribution is -2.39. The van der Waals surface area contributed by atoms with E-state index in [0.717, 1.165) is 15.8 Å². The van der Waals surface area contributed by atoms with Crippen molar-refractivity contribution in [2.24, 2.45) is 17.8 Å². The molecule has 3 aliphatic carbocycles. The number of rotatable bonds is 3. The van der Waals surface area contributed by atoms with Crippen LogP contribution in [0.25, 0.3) is 10.8 Å². The minimum atomic E-state index is -0.668. The summed E-state index contributed by atoms with van der Waals surface area (Å²) in [5, 5.41) is 14.9. The molecule has 1 saturated heterocycles. The van der Waals surface area contributed by atoms with Crippen molar-refractivity contribution < 1.29 is 24.3 Å². The zero-order valence-corrected chi connectivity index (χ0v) is 22.0. The van der Waals surface area contributed by atoms with Crippen molar-refractivity contribution in [3.63, 3.8) is 0 Å². The number of imide groups is 1. The SMILES string of the molecule is CC1=CC(=O)C2=C(C1=O)[C@@H](c1ccc3ccccc3c1O)C1=CC[C@@H]3C(=O)N(Cc4cccs4)C(=O)[C@@H]3[C@@H]1C2. The van der Waals surface area contributed by atoms with Crippen molar-refractivity contribution in [2.45, 2.75) is 32.2 Å². The Morgan fingerprint density at radius 3 is 2.59 bits per heavy atom. The maximum atomic E-state index is 13.8. The van der Waals surface area contributed by atoms with Crippen molar-refractivity contribution in [1.82, 2.24) is 4.90 Å². The third kappa shape index (κ3) is 3.46. The molecule has 7 rings (SSSR count). The van der Waals surface area contributed by atoms with Gasteiger partial charge in [0.25, 0.3) is 0 Å². The molecular formula is C32H25NO5S. The van der Waals surface area contributed by atoms with Crippen LogP contribution in [0.3, 0.4) is 0 Å². The van der Waals surface area contributed by atoms with Gasteiger partial charge in [-0.2, -0.15) is 0 Å². The first-order valence-electron chi connectivity index (χ1n) is 13.1. The van der Waals surface area contributed by atoms with E-state index < -0.39 is 23.7 Å². The lowest BCUT2D eigenvalue weighted by atomic mass is 9.59. The summed E-state index contributed by atoms with van der Waals surface area (Å²) in [5.41, 5.74) is 2.53. The van der Waals surface area contributed by atoms with Gasteiger partial charge in [-0.3, -0.25) is 24.1 Å². The van der Waals surface area contributed by atoms with E-state index in [1.807, 2.05) is 60.0 Å². The van der Waals surface area contributed by atoms with Crippen LogP contribution in [0.1, 0.15) is 36.1 Å². The van der Waals surface area contributed by atoms with Gasteiger partial charge in [-0.25, -0.2) is 0 Å². The monoisotopic (exact) mass is 535 g/mol. The lowest BCUT2D eigenvalue weighted by molar-refractivity contribution is -0.140. The van der Waals surface area contributed by atoms with E-state index in [1.165, 1.54) is 22.3 Å². The van der Waals surface area contributed by atoms with Gasteiger partial charge in [0.05, 0.1) is 18.4 Å². The topological polar surface area (TPSA) is 91.8 Å². The number of ketones is 2. The number of Topliss-reactive ketones (excluding diaryl/α,β-unsaturated/α-hetero) is 1. The van der Waals surface area contributed by atoms with Crippen molar-refractivity contribution in [1.29, 1.82) is 0 Å². The fourth-order valence-corrected chi connectivity index (χ4v) is 7.69. The molecule has 0 saturated carbocycles. The number of thiophene rings is 1. The van der Waals surface area contributed by atoms with E-state index in [9.17, 15) is 24.3 Å². The number of allylic oxidation sites excluding steroid dienone is 6. The number of phenolic OH excluding ortho intramolecular Hbond substituents is 1. The minimum Gasteiger partial charge on any atom is -0.507 e. The molecule has 1 N–H and O–H groups in total. The van der Waals surface area contributed by atoms with Crippen LogP contribution in [0, 0.1) is 17.8 Å². The van der Waals surface area contributed by atoms with Gasteiger partial charge in [-0.1, -0.05) is 54.1 Å². The largest absolute Gasteiger partial charge is 0.507 e. The molecule has 39 heavy (non-hydrogen) atoms. The number of amides is 2. The van der Waals surface area contributed by atoms with Crippen LogP contribution in [0.2, 0.25) is 0 Å². The van der Waals surface area contributed by atoms with Crippen LogP contribution < -0.4 is 0 Å². The predicted molar refractivity (Wildman–Crippen MR) is 147 cm³/mol. The molecule has 0 radical (unpaired) electrons. The number of benzene rings is 2. The number of carbonyl (C=O) groups excluding carboxylic acids is 4. The van der Waals surface area contributed by atoms with Crippen LogP contribution in [0.15, 0.2) is 88.4 Å². The number of likely N-dealkylation sites (tertiary alicyclic amines) is 1. The zero-order chi connectivity index (χ0) is 27.0. The number of hydrogen-bond donors (Lipinski definition) is 1. The zero-order valence-electron chi connectivity index (χ0n) is 21.2. The number of nitrogens with zero attached hydrogens (tertiary/aromatic N) is 1. The molecule has 1 fully saturated rings. The second kappa shape index (κ2) is 8.71. The molecule has 0 unspecified atom stereocenters. The molecule has 1 aliphatic heterocycles. The molecule has 0 bridgehead atoms. The summed E-state index contributed by atoms with van der Waals surface area (Å²) in [6.07, 6.45) is 3.97. The van der Waals surface area contributed by atoms with Gasteiger partial charge in [0, 0.05) is 38.5 Å². The number of hydrogen-bond acceptors (Lipinski definition) is 6. The normalized spacial score (nSPS) is 26.4. The average molecular weight is 536 g/mol. The lowest BCUT2D eigenvalue weighted by Gasteiger charge is -2.42. The van der Waals surface area contributed by atoms with Crippen molar-refractivity contribution in [2.75, 3.05) is 0 Å². The van der Waals surface area contributed by atoms with Gasteiger partial charge >= 0.3 is 0 Å². The van der Waals surface area contributed by atoms with E-state index >= 15 is 0 Å². The van der Waals surface area contributed by atoms with E-state index in [0.29, 0.717) is 34.1 Å². The second-order valence-corrected chi connectivity index (χ2v) is 11.8. The highest BCUT2D eigenvalue weighted by molar-refractivity contribution is 7.09. The standard InChI is InChI=1S/C32H25NO5S/c1-16-13-25(34)24-14-23-20(10-11-22-27(23)32(38)33(31(22)37)15-18-6-4-12-39-18)26(28(24)29(16)35)21-9-8-17-5-2-3-7-19(17)30(21)36/h2-10,12-13,22-23,26-27,36H,11,14-15H2,1H3/t22-,23+,26+,27-/m0/s1. The summed E-state index contributed by atoms with van der Waals surface area (Å²) in [6.45, 7) is 1.88. The number of phenols is 1. The van der Waals surface area contributed by atoms with Crippen molar-refractivity contribution in [3.8, 4) is 5.75 Å². The molecule has 2 aromatic carbocycles. The Kier molecular flexibility index (Phi) is 5.36. The Bertz CT molecular complexity index is 1710. The second-order valence-electron chi connectivity index (χ2n) is 10.8. The Hall–Kier alpha value is -4.10. The predicted octanol–water partition coefficient (Wildman–Crippen LogP) is 5.24. The van der Waals surface area contributed by atoms with Crippen LogP contribution in [0.4, 0.5) is 0 Å². The molecule has 194 valence electrons. The highest BCUT2D eigenvalue weighted by Gasteiger charge is 2.56. The maximum absolute atomic E-state index is 13.8. The van der Waals surface area contributed by atoms with Gasteiger partial charge in [0.1, 0.15) is 5.75 Å². The van der Waals surface area contributed by atoms with Crippen LogP contribution in [-0.2, 0) is 25.7 Å². The third-order valence-electron chi connectivity index (χ3n) is 8.79. The molecule has 4 atom stereocenters. The van der Waals surface area contributed by atoms with E-state index in [2.05, 4.69) is 0 Å². The fraction of sp³-hybridized carbons (Fsp3) is 0.250. The molecule has 7 heteroatoms. The average Bonchev–Trinajstić information content (AvgIpc) is 3.54. The van der Waals surface area contributed by atoms with E-state index in [1.54, 1.807) is 6.92 Å². The molecule has 0 spiro atoms. The molecule has 6 nitrogen and oxygen atoms in total. The smallest absolute Gasteiger partial charge is 0.234 e. The summed E-state index contributed by atoms with van der Waals surface area (Å²) in [6, 6.07) is 15.0. The van der Waals surface area contributed by atoms with Gasteiger partial charge < -0.3 is 5.11 Å². The molecular weight excluding hydrogens is 510 g/mol. The summed E-state index contributed by atoms with van der Waals surface area (Å²) in [5.74, 6) is -2.96.